The minimum Gasteiger partial charge on any atom is -0.126 e. The summed E-state index contributed by atoms with van der Waals surface area (Å²) in [7, 11) is 0. The molecule has 10 heavy (non-hydrogen) atoms. The summed E-state index contributed by atoms with van der Waals surface area (Å²) in [4.78, 5) is 0. The molecule has 0 aromatic carbocycles. The van der Waals surface area contributed by atoms with E-state index in [4.69, 9.17) is 11.6 Å². The zero-order chi connectivity index (χ0) is 7.98. The van der Waals surface area contributed by atoms with E-state index in [2.05, 4.69) is 20.8 Å². The molecule has 0 saturated heterocycles. The van der Waals surface area contributed by atoms with Gasteiger partial charge in [0.2, 0.25) is 0 Å². The predicted octanol–water partition coefficient (Wildman–Crippen LogP) is 3.69. The van der Waals surface area contributed by atoms with Crippen LogP contribution in [0.2, 0.25) is 0 Å². The molecule has 0 bridgehead atoms. The number of halogens is 1. The highest BCUT2D eigenvalue weighted by Gasteiger charge is 2.03. The molecular formula is C9H19Cl. The molecule has 2 unspecified atom stereocenters. The molecule has 0 aliphatic carbocycles. The van der Waals surface area contributed by atoms with Crippen LogP contribution in [0.4, 0.5) is 0 Å². The first-order valence-corrected chi connectivity index (χ1v) is 4.80. The van der Waals surface area contributed by atoms with Crippen LogP contribution in [-0.2, 0) is 0 Å². The predicted molar refractivity (Wildman–Crippen MR) is 48.6 cm³/mol. The van der Waals surface area contributed by atoms with Crippen molar-refractivity contribution in [1.29, 1.82) is 0 Å². The number of rotatable bonds is 5. The van der Waals surface area contributed by atoms with Crippen LogP contribution in [-0.4, -0.2) is 5.88 Å². The molecule has 0 rings (SSSR count). The van der Waals surface area contributed by atoms with Crippen LogP contribution in [0.5, 0.6) is 0 Å². The van der Waals surface area contributed by atoms with E-state index in [9.17, 15) is 0 Å². The highest BCUT2D eigenvalue weighted by atomic mass is 35.5. The van der Waals surface area contributed by atoms with Crippen LogP contribution in [0.15, 0.2) is 0 Å². The van der Waals surface area contributed by atoms with E-state index < -0.39 is 0 Å². The van der Waals surface area contributed by atoms with E-state index in [1.54, 1.807) is 0 Å². The van der Waals surface area contributed by atoms with Crippen molar-refractivity contribution < 1.29 is 0 Å². The molecule has 0 fully saturated rings. The molecule has 0 heterocycles. The van der Waals surface area contributed by atoms with E-state index in [0.717, 1.165) is 11.8 Å². The van der Waals surface area contributed by atoms with Gasteiger partial charge in [-0.2, -0.15) is 0 Å². The molecule has 0 aromatic rings. The molecule has 62 valence electrons. The van der Waals surface area contributed by atoms with E-state index in [1.807, 2.05) is 0 Å². The molecule has 0 saturated carbocycles. The first-order valence-electron chi connectivity index (χ1n) is 4.26. The first-order chi connectivity index (χ1) is 4.70. The zero-order valence-electron chi connectivity index (χ0n) is 7.36. The Labute approximate surface area is 70.0 Å². The molecule has 0 spiro atoms. The first kappa shape index (κ1) is 10.3. The Hall–Kier alpha value is 0.290. The van der Waals surface area contributed by atoms with Gasteiger partial charge in [0.15, 0.2) is 0 Å². The fraction of sp³-hybridized carbons (Fsp3) is 1.00. The molecule has 0 aromatic heterocycles. The van der Waals surface area contributed by atoms with Gasteiger partial charge in [-0.05, 0) is 18.3 Å². The van der Waals surface area contributed by atoms with Gasteiger partial charge in [0.05, 0.1) is 0 Å². The summed E-state index contributed by atoms with van der Waals surface area (Å²) in [6.45, 7) is 6.77. The van der Waals surface area contributed by atoms with Crippen molar-refractivity contribution in [2.24, 2.45) is 11.8 Å². The summed E-state index contributed by atoms with van der Waals surface area (Å²) in [5.74, 6) is 2.40. The van der Waals surface area contributed by atoms with E-state index >= 15 is 0 Å². The van der Waals surface area contributed by atoms with Gasteiger partial charge in [-0.3, -0.25) is 0 Å². The van der Waals surface area contributed by atoms with Gasteiger partial charge >= 0.3 is 0 Å². The van der Waals surface area contributed by atoms with Gasteiger partial charge < -0.3 is 0 Å². The van der Waals surface area contributed by atoms with Crippen LogP contribution < -0.4 is 0 Å². The fourth-order valence-electron chi connectivity index (χ4n) is 0.850. The van der Waals surface area contributed by atoms with Gasteiger partial charge in [0, 0.05) is 5.88 Å². The molecule has 1 heteroatoms. The summed E-state index contributed by atoms with van der Waals surface area (Å²) in [6.07, 6.45) is 3.93. The van der Waals surface area contributed by atoms with Gasteiger partial charge in [-0.1, -0.05) is 33.6 Å². The lowest BCUT2D eigenvalue weighted by Crippen LogP contribution is -2.00. The molecular weight excluding hydrogens is 144 g/mol. The van der Waals surface area contributed by atoms with E-state index in [0.29, 0.717) is 5.92 Å². The molecule has 0 aliphatic heterocycles. The molecule has 0 aliphatic rings. The van der Waals surface area contributed by atoms with Gasteiger partial charge in [0.1, 0.15) is 0 Å². The lowest BCUT2D eigenvalue weighted by molar-refractivity contribution is 0.443. The Morgan fingerprint density at radius 1 is 1.10 bits per heavy atom. The lowest BCUT2D eigenvalue weighted by Gasteiger charge is -2.10. The third-order valence-corrected chi connectivity index (χ3v) is 2.64. The highest BCUT2D eigenvalue weighted by molar-refractivity contribution is 6.18. The Morgan fingerprint density at radius 3 is 2.00 bits per heavy atom. The Bertz CT molecular complexity index is 61.1. The number of alkyl halides is 1. The fourth-order valence-corrected chi connectivity index (χ4v) is 1.00. The van der Waals surface area contributed by atoms with Crippen molar-refractivity contribution in [1.82, 2.24) is 0 Å². The lowest BCUT2D eigenvalue weighted by atomic mass is 9.97. The summed E-state index contributed by atoms with van der Waals surface area (Å²) in [5, 5.41) is 0. The second kappa shape index (κ2) is 6.03. The summed E-state index contributed by atoms with van der Waals surface area (Å²) in [6, 6.07) is 0. The zero-order valence-corrected chi connectivity index (χ0v) is 8.12. The maximum atomic E-state index is 5.68. The quantitative estimate of drug-likeness (QED) is 0.541. The SMILES string of the molecule is CCC(C)CCC(C)CCl. The normalized spacial score (nSPS) is 16.8. The molecule has 0 N–H and O–H groups in total. The average molecular weight is 163 g/mol. The average Bonchev–Trinajstić information content (AvgIpc) is 1.99. The number of hydrogen-bond acceptors (Lipinski definition) is 0. The largest absolute Gasteiger partial charge is 0.126 e. The molecule has 0 radical (unpaired) electrons. The third-order valence-electron chi connectivity index (χ3n) is 2.11. The standard InChI is InChI=1S/C9H19Cl/c1-4-8(2)5-6-9(3)7-10/h8-9H,4-7H2,1-3H3. The summed E-state index contributed by atoms with van der Waals surface area (Å²) >= 11 is 5.68. The molecule has 0 nitrogen and oxygen atoms in total. The second-order valence-corrected chi connectivity index (χ2v) is 3.66. The molecule has 0 amide bonds. The molecule has 2 atom stereocenters. The minimum absolute atomic E-state index is 0.704. The third kappa shape index (κ3) is 5.10. The van der Waals surface area contributed by atoms with Crippen LogP contribution in [0, 0.1) is 11.8 Å². The van der Waals surface area contributed by atoms with Crippen molar-refractivity contribution in [3.63, 3.8) is 0 Å². The maximum Gasteiger partial charge on any atom is 0.0249 e. The maximum absolute atomic E-state index is 5.68. The van der Waals surface area contributed by atoms with Gasteiger partial charge in [-0.15, -0.1) is 11.6 Å². The van der Waals surface area contributed by atoms with Crippen LogP contribution in [0.25, 0.3) is 0 Å². The Kier molecular flexibility index (Phi) is 6.20. The van der Waals surface area contributed by atoms with Crippen molar-refractivity contribution in [3.8, 4) is 0 Å². The van der Waals surface area contributed by atoms with Crippen LogP contribution in [0.3, 0.4) is 0 Å². The second-order valence-electron chi connectivity index (χ2n) is 3.35. The summed E-state index contributed by atoms with van der Waals surface area (Å²) < 4.78 is 0. The van der Waals surface area contributed by atoms with Crippen LogP contribution >= 0.6 is 11.6 Å². The number of hydrogen-bond donors (Lipinski definition) is 0. The van der Waals surface area contributed by atoms with Gasteiger partial charge in [-0.25, -0.2) is 0 Å². The van der Waals surface area contributed by atoms with Crippen molar-refractivity contribution >= 4 is 11.6 Å². The monoisotopic (exact) mass is 162 g/mol. The van der Waals surface area contributed by atoms with Crippen molar-refractivity contribution in [3.05, 3.63) is 0 Å². The van der Waals surface area contributed by atoms with E-state index in [-0.39, 0.29) is 0 Å². The Balaban J connectivity index is 3.17. The van der Waals surface area contributed by atoms with Crippen molar-refractivity contribution in [2.45, 2.75) is 40.0 Å². The smallest absolute Gasteiger partial charge is 0.0249 e. The topological polar surface area (TPSA) is 0 Å². The van der Waals surface area contributed by atoms with Crippen molar-refractivity contribution in [2.75, 3.05) is 5.88 Å². The van der Waals surface area contributed by atoms with E-state index in [1.165, 1.54) is 19.3 Å². The highest BCUT2D eigenvalue weighted by Crippen LogP contribution is 2.15. The van der Waals surface area contributed by atoms with Gasteiger partial charge in [0.25, 0.3) is 0 Å². The summed E-state index contributed by atoms with van der Waals surface area (Å²) in [5.41, 5.74) is 0. The minimum atomic E-state index is 0.704. The van der Waals surface area contributed by atoms with Crippen LogP contribution in [0.1, 0.15) is 40.0 Å². The Morgan fingerprint density at radius 2 is 1.60 bits per heavy atom.